The molecule has 0 bridgehead atoms. The molecule has 1 saturated heterocycles. The number of rotatable bonds is 5. The fraction of sp³-hybridized carbons (Fsp3) is 0.923. The zero-order valence-corrected chi connectivity index (χ0v) is 16.0. The molecule has 2 fully saturated rings. The molecule has 0 aromatic carbocycles. The van der Waals surface area contributed by atoms with E-state index in [1.807, 2.05) is 0 Å². The fourth-order valence-corrected chi connectivity index (χ4v) is 3.57. The second-order valence-electron chi connectivity index (χ2n) is 5.72. The highest BCUT2D eigenvalue weighted by Gasteiger charge is 2.33. The molecular weight excluding hydrogens is 403 g/mol. The Morgan fingerprint density at radius 2 is 1.95 bits per heavy atom. The van der Waals surface area contributed by atoms with E-state index in [4.69, 9.17) is 0 Å². The summed E-state index contributed by atoms with van der Waals surface area (Å²) in [4.78, 5) is 6.74. The number of nitrogens with zero attached hydrogens (tertiary/aromatic N) is 2. The van der Waals surface area contributed by atoms with Crippen molar-refractivity contribution >= 4 is 39.8 Å². The Bertz CT molecular complexity index is 441. The second-order valence-corrected chi connectivity index (χ2v) is 8.02. The van der Waals surface area contributed by atoms with Gasteiger partial charge < -0.3 is 10.6 Å². The molecule has 0 spiro atoms. The standard InChI is InChI=1S/C13H26N4O2S.HI/c1-3-14-13(16-12-10-11(12)2)15-4-5-17-6-8-20(18,19)9-7-17;/h11-12H,3-10H2,1-2H3,(H2,14,15,16);1H. The van der Waals surface area contributed by atoms with Crippen molar-refractivity contribution in [2.24, 2.45) is 10.9 Å². The van der Waals surface area contributed by atoms with Gasteiger partial charge in [-0.15, -0.1) is 24.0 Å². The van der Waals surface area contributed by atoms with Gasteiger partial charge in [-0.2, -0.15) is 0 Å². The summed E-state index contributed by atoms with van der Waals surface area (Å²) in [5.41, 5.74) is 0. The van der Waals surface area contributed by atoms with Gasteiger partial charge in [0.25, 0.3) is 0 Å². The molecule has 0 aromatic heterocycles. The molecule has 1 aliphatic carbocycles. The molecule has 1 heterocycles. The van der Waals surface area contributed by atoms with Crippen molar-refractivity contribution in [1.29, 1.82) is 0 Å². The maximum atomic E-state index is 11.3. The number of hydrogen-bond acceptors (Lipinski definition) is 4. The summed E-state index contributed by atoms with van der Waals surface area (Å²) in [5, 5.41) is 6.67. The summed E-state index contributed by atoms with van der Waals surface area (Å²) in [5.74, 6) is 2.20. The molecule has 2 aliphatic rings. The van der Waals surface area contributed by atoms with Crippen LogP contribution in [0.25, 0.3) is 0 Å². The van der Waals surface area contributed by atoms with Crippen molar-refractivity contribution in [3.05, 3.63) is 0 Å². The Kier molecular flexibility index (Phi) is 7.69. The van der Waals surface area contributed by atoms with Crippen LogP contribution in [0.1, 0.15) is 20.3 Å². The van der Waals surface area contributed by atoms with Gasteiger partial charge in [-0.25, -0.2) is 8.42 Å². The molecule has 0 amide bonds. The first-order valence-corrected chi connectivity index (χ1v) is 9.30. The molecular formula is C13H27IN4O2S. The minimum Gasteiger partial charge on any atom is -0.357 e. The molecule has 2 unspecified atom stereocenters. The Labute approximate surface area is 145 Å². The second kappa shape index (κ2) is 8.52. The summed E-state index contributed by atoms with van der Waals surface area (Å²) in [6.07, 6.45) is 1.22. The monoisotopic (exact) mass is 430 g/mol. The van der Waals surface area contributed by atoms with Crippen LogP contribution in [0.3, 0.4) is 0 Å². The number of nitrogens with one attached hydrogen (secondary N) is 2. The zero-order valence-electron chi connectivity index (χ0n) is 12.8. The third-order valence-electron chi connectivity index (χ3n) is 3.90. The fourth-order valence-electron chi connectivity index (χ4n) is 2.30. The highest BCUT2D eigenvalue weighted by Crippen LogP contribution is 2.28. The summed E-state index contributed by atoms with van der Waals surface area (Å²) >= 11 is 0. The van der Waals surface area contributed by atoms with E-state index >= 15 is 0 Å². The van der Waals surface area contributed by atoms with Gasteiger partial charge in [-0.05, 0) is 19.3 Å². The maximum Gasteiger partial charge on any atom is 0.191 e. The lowest BCUT2D eigenvalue weighted by molar-refractivity contribution is 0.304. The molecule has 21 heavy (non-hydrogen) atoms. The Balaban J connectivity index is 0.00000220. The van der Waals surface area contributed by atoms with E-state index in [1.165, 1.54) is 6.42 Å². The van der Waals surface area contributed by atoms with E-state index in [0.717, 1.165) is 25.0 Å². The van der Waals surface area contributed by atoms with Crippen LogP contribution in [-0.2, 0) is 9.84 Å². The van der Waals surface area contributed by atoms with Crippen LogP contribution < -0.4 is 10.6 Å². The maximum absolute atomic E-state index is 11.3. The first kappa shape index (κ1) is 19.0. The van der Waals surface area contributed by atoms with Crippen LogP contribution in [0.2, 0.25) is 0 Å². The Morgan fingerprint density at radius 1 is 1.33 bits per heavy atom. The average molecular weight is 430 g/mol. The van der Waals surface area contributed by atoms with Gasteiger partial charge in [0.2, 0.25) is 0 Å². The van der Waals surface area contributed by atoms with Crippen molar-refractivity contribution in [1.82, 2.24) is 15.5 Å². The zero-order chi connectivity index (χ0) is 14.6. The molecule has 2 N–H and O–H groups in total. The molecule has 124 valence electrons. The van der Waals surface area contributed by atoms with Gasteiger partial charge in [0, 0.05) is 32.2 Å². The van der Waals surface area contributed by atoms with E-state index in [-0.39, 0.29) is 35.5 Å². The Hall–Kier alpha value is -0.0900. The van der Waals surface area contributed by atoms with Gasteiger partial charge in [0.1, 0.15) is 0 Å². The lowest BCUT2D eigenvalue weighted by atomic mass is 10.4. The van der Waals surface area contributed by atoms with E-state index in [9.17, 15) is 8.42 Å². The number of aliphatic imine (C=N–C) groups is 1. The quantitative estimate of drug-likeness (QED) is 0.373. The molecule has 2 atom stereocenters. The first-order chi connectivity index (χ1) is 9.50. The average Bonchev–Trinajstić information content (AvgIpc) is 3.07. The number of sulfone groups is 1. The summed E-state index contributed by atoms with van der Waals surface area (Å²) in [6.45, 7) is 7.96. The Morgan fingerprint density at radius 3 is 2.48 bits per heavy atom. The van der Waals surface area contributed by atoms with Gasteiger partial charge in [-0.3, -0.25) is 9.89 Å². The van der Waals surface area contributed by atoms with Crippen LogP contribution >= 0.6 is 24.0 Å². The largest absolute Gasteiger partial charge is 0.357 e. The van der Waals surface area contributed by atoms with E-state index in [1.54, 1.807) is 0 Å². The van der Waals surface area contributed by atoms with Crippen molar-refractivity contribution in [3.8, 4) is 0 Å². The van der Waals surface area contributed by atoms with E-state index < -0.39 is 9.84 Å². The lowest BCUT2D eigenvalue weighted by Crippen LogP contribution is -2.42. The summed E-state index contributed by atoms with van der Waals surface area (Å²) in [7, 11) is -2.78. The molecule has 8 heteroatoms. The summed E-state index contributed by atoms with van der Waals surface area (Å²) in [6, 6.07) is 0.563. The normalized spacial score (nSPS) is 28.6. The van der Waals surface area contributed by atoms with Crippen molar-refractivity contribution in [2.45, 2.75) is 26.3 Å². The predicted molar refractivity (Wildman–Crippen MR) is 97.2 cm³/mol. The topological polar surface area (TPSA) is 73.8 Å². The van der Waals surface area contributed by atoms with Crippen LogP contribution in [0.5, 0.6) is 0 Å². The van der Waals surface area contributed by atoms with Crippen molar-refractivity contribution < 1.29 is 8.42 Å². The van der Waals surface area contributed by atoms with Gasteiger partial charge in [0.15, 0.2) is 15.8 Å². The third kappa shape index (κ3) is 6.68. The lowest BCUT2D eigenvalue weighted by Gasteiger charge is -2.25. The van der Waals surface area contributed by atoms with E-state index in [0.29, 0.717) is 25.7 Å². The number of hydrogen-bond donors (Lipinski definition) is 2. The van der Waals surface area contributed by atoms with Gasteiger partial charge in [0.05, 0.1) is 18.1 Å². The minimum atomic E-state index is -2.78. The van der Waals surface area contributed by atoms with Crippen molar-refractivity contribution in [3.63, 3.8) is 0 Å². The van der Waals surface area contributed by atoms with Crippen LogP contribution in [-0.4, -0.2) is 69.5 Å². The van der Waals surface area contributed by atoms with Crippen molar-refractivity contribution in [2.75, 3.05) is 44.2 Å². The van der Waals surface area contributed by atoms with Gasteiger partial charge >= 0.3 is 0 Å². The summed E-state index contributed by atoms with van der Waals surface area (Å²) < 4.78 is 22.7. The third-order valence-corrected chi connectivity index (χ3v) is 5.51. The molecule has 1 aliphatic heterocycles. The number of halogens is 1. The van der Waals surface area contributed by atoms with Crippen LogP contribution in [0.4, 0.5) is 0 Å². The number of guanidine groups is 1. The van der Waals surface area contributed by atoms with E-state index in [2.05, 4.69) is 34.4 Å². The van der Waals surface area contributed by atoms with Crippen LogP contribution in [0, 0.1) is 5.92 Å². The highest BCUT2D eigenvalue weighted by atomic mass is 127. The molecule has 1 saturated carbocycles. The smallest absolute Gasteiger partial charge is 0.191 e. The minimum absolute atomic E-state index is 0. The molecule has 2 rings (SSSR count). The van der Waals surface area contributed by atoms with Gasteiger partial charge in [-0.1, -0.05) is 6.92 Å². The SMILES string of the molecule is CCNC(=NCCN1CCS(=O)(=O)CC1)NC1CC1C.I. The molecule has 0 radical (unpaired) electrons. The molecule has 0 aromatic rings. The van der Waals surface area contributed by atoms with Crippen LogP contribution in [0.15, 0.2) is 4.99 Å². The molecule has 6 nitrogen and oxygen atoms in total. The first-order valence-electron chi connectivity index (χ1n) is 7.48. The predicted octanol–water partition coefficient (Wildman–Crippen LogP) is 0.298. The highest BCUT2D eigenvalue weighted by molar-refractivity contribution is 14.0.